The third kappa shape index (κ3) is 2.82. The molecule has 92 valence electrons. The van der Waals surface area contributed by atoms with Crippen LogP contribution in [0.5, 0.6) is 0 Å². The molecule has 0 fully saturated rings. The average Bonchev–Trinajstić information content (AvgIpc) is 2.37. The van der Waals surface area contributed by atoms with E-state index in [9.17, 15) is 14.9 Å². The number of hydrogen-bond acceptors (Lipinski definition) is 4. The topological polar surface area (TPSA) is 69.4 Å². The summed E-state index contributed by atoms with van der Waals surface area (Å²) in [5, 5.41) is 10.8. The highest BCUT2D eigenvalue weighted by Crippen LogP contribution is 2.20. The van der Waals surface area contributed by atoms with Gasteiger partial charge < -0.3 is 4.74 Å². The number of hydrogen-bond donors (Lipinski definition) is 0. The van der Waals surface area contributed by atoms with Crippen LogP contribution in [0.15, 0.2) is 42.5 Å². The minimum absolute atomic E-state index is 0.0337. The molecule has 18 heavy (non-hydrogen) atoms. The zero-order valence-electron chi connectivity index (χ0n) is 9.48. The Kier molecular flexibility index (Phi) is 3.52. The van der Waals surface area contributed by atoms with E-state index >= 15 is 0 Å². The molecule has 2 rings (SSSR count). The summed E-state index contributed by atoms with van der Waals surface area (Å²) in [4.78, 5) is 21.4. The molecule has 5 nitrogen and oxygen atoms in total. The minimum atomic E-state index is -0.438. The Balaban J connectivity index is 2.16. The first-order valence-corrected chi connectivity index (χ1v) is 5.45. The predicted octanol–water partition coefficient (Wildman–Crippen LogP) is 2.48. The van der Waals surface area contributed by atoms with Gasteiger partial charge in [-0.25, -0.2) is 4.79 Å². The van der Waals surface area contributed by atoms with Gasteiger partial charge in [0.2, 0.25) is 0 Å². The summed E-state index contributed by atoms with van der Waals surface area (Å²) in [6.07, 6.45) is 6.58. The van der Waals surface area contributed by atoms with Gasteiger partial charge in [0.05, 0.1) is 10.5 Å². The second-order valence-corrected chi connectivity index (χ2v) is 3.79. The van der Waals surface area contributed by atoms with Crippen molar-refractivity contribution in [2.75, 3.05) is 0 Å². The molecule has 0 saturated carbocycles. The number of rotatable bonds is 3. The summed E-state index contributed by atoms with van der Waals surface area (Å²) in [5.41, 5.74) is 0.527. The number of benzene rings is 1. The number of ether oxygens (including phenoxy) is 1. The van der Waals surface area contributed by atoms with Crippen molar-refractivity contribution in [3.63, 3.8) is 0 Å². The van der Waals surface area contributed by atoms with Crippen LogP contribution < -0.4 is 0 Å². The van der Waals surface area contributed by atoms with Crippen LogP contribution in [0.3, 0.4) is 0 Å². The molecule has 5 heteroatoms. The van der Waals surface area contributed by atoms with E-state index in [0.717, 1.165) is 0 Å². The summed E-state index contributed by atoms with van der Waals surface area (Å²) >= 11 is 0. The number of carbonyl (C=O) groups excluding carboxylic acids is 1. The number of nitrogens with zero attached hydrogens (tertiary/aromatic N) is 1. The van der Waals surface area contributed by atoms with Crippen LogP contribution in [0.1, 0.15) is 12.0 Å². The maximum absolute atomic E-state index is 11.0. The Hall–Kier alpha value is -2.43. The quantitative estimate of drug-likeness (QED) is 0.466. The number of para-hydroxylation sites is 1. The van der Waals surface area contributed by atoms with E-state index in [1.165, 1.54) is 12.1 Å². The van der Waals surface area contributed by atoms with Gasteiger partial charge in [-0.2, -0.15) is 0 Å². The number of cyclic esters (lactones) is 1. The summed E-state index contributed by atoms with van der Waals surface area (Å²) < 4.78 is 5.03. The van der Waals surface area contributed by atoms with Crippen molar-refractivity contribution in [2.45, 2.75) is 12.5 Å². The third-order valence-electron chi connectivity index (χ3n) is 2.51. The number of nitro benzene ring substituents is 1. The number of esters is 1. The van der Waals surface area contributed by atoms with Gasteiger partial charge in [-0.1, -0.05) is 18.2 Å². The smallest absolute Gasteiger partial charge is 0.331 e. The highest BCUT2D eigenvalue weighted by Gasteiger charge is 2.14. The molecule has 0 radical (unpaired) electrons. The van der Waals surface area contributed by atoms with Crippen molar-refractivity contribution in [2.24, 2.45) is 0 Å². The third-order valence-corrected chi connectivity index (χ3v) is 2.51. The van der Waals surface area contributed by atoms with Crippen LogP contribution in [0.4, 0.5) is 5.69 Å². The highest BCUT2D eigenvalue weighted by atomic mass is 16.6. The van der Waals surface area contributed by atoms with Gasteiger partial charge in [-0.15, -0.1) is 0 Å². The zero-order valence-corrected chi connectivity index (χ0v) is 9.48. The van der Waals surface area contributed by atoms with E-state index in [2.05, 4.69) is 0 Å². The number of nitro groups is 1. The first kappa shape index (κ1) is 12.0. The summed E-state index contributed by atoms with van der Waals surface area (Å²) in [5.74, 6) is -0.390. The molecule has 1 unspecified atom stereocenters. The Bertz CT molecular complexity index is 534. The van der Waals surface area contributed by atoms with Gasteiger partial charge in [-0.3, -0.25) is 10.1 Å². The molecule has 0 aliphatic carbocycles. The van der Waals surface area contributed by atoms with Crippen LogP contribution in [0.25, 0.3) is 6.08 Å². The molecule has 0 bridgehead atoms. The second kappa shape index (κ2) is 5.27. The summed E-state index contributed by atoms with van der Waals surface area (Å²) in [6.45, 7) is 0. The summed E-state index contributed by atoms with van der Waals surface area (Å²) in [7, 11) is 0. The monoisotopic (exact) mass is 245 g/mol. The first-order valence-electron chi connectivity index (χ1n) is 5.45. The molecular formula is C13H11NO4. The lowest BCUT2D eigenvalue weighted by Crippen LogP contribution is -2.17. The molecule has 1 atom stereocenters. The van der Waals surface area contributed by atoms with Crippen molar-refractivity contribution in [3.8, 4) is 0 Å². The predicted molar refractivity (Wildman–Crippen MR) is 65.8 cm³/mol. The molecule has 0 spiro atoms. The fourth-order valence-corrected chi connectivity index (χ4v) is 1.66. The standard InChI is InChI=1S/C13H11NO4/c15-13-7-3-5-11(18-13)9-8-10-4-1-2-6-12(10)14(16)17/h1-4,6-9,11H,5H2/b9-8+. The normalized spacial score (nSPS) is 18.9. The molecule has 0 amide bonds. The van der Waals surface area contributed by atoms with Gasteiger partial charge >= 0.3 is 5.97 Å². The van der Waals surface area contributed by atoms with E-state index in [0.29, 0.717) is 12.0 Å². The van der Waals surface area contributed by atoms with E-state index in [1.807, 2.05) is 0 Å². The Morgan fingerprint density at radius 2 is 2.17 bits per heavy atom. The molecule has 1 aromatic rings. The molecule has 1 aliphatic rings. The molecule has 1 aromatic carbocycles. The molecule has 0 N–H and O–H groups in total. The van der Waals surface area contributed by atoms with Gasteiger partial charge in [-0.05, 0) is 18.2 Å². The molecule has 1 aliphatic heterocycles. The van der Waals surface area contributed by atoms with Crippen LogP contribution in [0.2, 0.25) is 0 Å². The van der Waals surface area contributed by atoms with Crippen molar-refractivity contribution >= 4 is 17.7 Å². The first-order chi connectivity index (χ1) is 8.66. The lowest BCUT2D eigenvalue weighted by molar-refractivity contribution is -0.385. The van der Waals surface area contributed by atoms with Crippen molar-refractivity contribution in [3.05, 3.63) is 58.2 Å². The summed E-state index contributed by atoms with van der Waals surface area (Å²) in [6, 6.07) is 6.42. The Labute approximate surface area is 104 Å². The van der Waals surface area contributed by atoms with Crippen LogP contribution >= 0.6 is 0 Å². The number of carbonyl (C=O) groups is 1. The second-order valence-electron chi connectivity index (χ2n) is 3.79. The fraction of sp³-hybridized carbons (Fsp3) is 0.154. The maximum Gasteiger partial charge on any atom is 0.331 e. The van der Waals surface area contributed by atoms with Crippen LogP contribution in [-0.2, 0) is 9.53 Å². The van der Waals surface area contributed by atoms with Crippen LogP contribution in [-0.4, -0.2) is 17.0 Å². The Morgan fingerprint density at radius 1 is 1.39 bits per heavy atom. The largest absolute Gasteiger partial charge is 0.455 e. The maximum atomic E-state index is 11.0. The molecule has 0 aromatic heterocycles. The SMILES string of the molecule is O=C1C=CCC(/C=C/c2ccccc2[N+](=O)[O-])O1. The van der Waals surface area contributed by atoms with Crippen LogP contribution in [0, 0.1) is 10.1 Å². The van der Waals surface area contributed by atoms with E-state index in [1.54, 1.807) is 36.4 Å². The molecule has 1 heterocycles. The lowest BCUT2D eigenvalue weighted by Gasteiger charge is -2.14. The van der Waals surface area contributed by atoms with Gasteiger partial charge in [0.1, 0.15) is 6.10 Å². The fourth-order valence-electron chi connectivity index (χ4n) is 1.66. The van der Waals surface area contributed by atoms with E-state index < -0.39 is 10.9 Å². The van der Waals surface area contributed by atoms with Crippen molar-refractivity contribution < 1.29 is 14.5 Å². The average molecular weight is 245 g/mol. The van der Waals surface area contributed by atoms with E-state index in [4.69, 9.17) is 4.74 Å². The highest BCUT2D eigenvalue weighted by molar-refractivity contribution is 5.83. The molecular weight excluding hydrogens is 234 g/mol. The zero-order chi connectivity index (χ0) is 13.0. The Morgan fingerprint density at radius 3 is 2.89 bits per heavy atom. The van der Waals surface area contributed by atoms with E-state index in [-0.39, 0.29) is 11.8 Å². The van der Waals surface area contributed by atoms with Gasteiger partial charge in [0.25, 0.3) is 5.69 Å². The van der Waals surface area contributed by atoms with Crippen molar-refractivity contribution in [1.82, 2.24) is 0 Å². The lowest BCUT2D eigenvalue weighted by atomic mass is 10.1. The van der Waals surface area contributed by atoms with Crippen molar-refractivity contribution in [1.29, 1.82) is 0 Å². The van der Waals surface area contributed by atoms with Gasteiger partial charge in [0, 0.05) is 18.6 Å². The van der Waals surface area contributed by atoms with Gasteiger partial charge in [0.15, 0.2) is 0 Å². The molecule has 0 saturated heterocycles. The minimum Gasteiger partial charge on any atom is -0.455 e.